The third kappa shape index (κ3) is 5.92. The normalized spacial score (nSPS) is 15.3. The number of nitrogens with one attached hydrogen (secondary N) is 1. The van der Waals surface area contributed by atoms with E-state index in [0.29, 0.717) is 25.8 Å². The standard InChI is InChI=1S/C18H26FN3O2/c1-2-21-10-12-22(13-11-21)18(24)8-9-20-17(23)7-6-15-4-3-5-16(19)14-15/h3-5,14H,2,6-13H2,1H3,(H,20,23). The fraction of sp³-hybridized carbons (Fsp3) is 0.556. The summed E-state index contributed by atoms with van der Waals surface area (Å²) in [5, 5.41) is 2.77. The topological polar surface area (TPSA) is 52.6 Å². The Bertz CT molecular complexity index is 557. The van der Waals surface area contributed by atoms with Crippen molar-refractivity contribution in [1.82, 2.24) is 15.1 Å². The van der Waals surface area contributed by atoms with Crippen LogP contribution in [0, 0.1) is 5.82 Å². The van der Waals surface area contributed by atoms with E-state index >= 15 is 0 Å². The second-order valence-corrected chi connectivity index (χ2v) is 6.04. The van der Waals surface area contributed by atoms with E-state index in [4.69, 9.17) is 0 Å². The van der Waals surface area contributed by atoms with Crippen LogP contribution in [0.2, 0.25) is 0 Å². The van der Waals surface area contributed by atoms with E-state index in [9.17, 15) is 14.0 Å². The number of piperazine rings is 1. The van der Waals surface area contributed by atoms with Crippen LogP contribution in [0.4, 0.5) is 4.39 Å². The van der Waals surface area contributed by atoms with Crippen molar-refractivity contribution in [2.75, 3.05) is 39.3 Å². The highest BCUT2D eigenvalue weighted by Crippen LogP contribution is 2.06. The molecule has 2 amide bonds. The molecule has 1 aliphatic heterocycles. The summed E-state index contributed by atoms with van der Waals surface area (Å²) in [5.74, 6) is -0.305. The van der Waals surface area contributed by atoms with Crippen molar-refractivity contribution >= 4 is 11.8 Å². The van der Waals surface area contributed by atoms with Gasteiger partial charge in [0, 0.05) is 45.6 Å². The maximum atomic E-state index is 13.1. The van der Waals surface area contributed by atoms with Crippen molar-refractivity contribution in [3.63, 3.8) is 0 Å². The first-order chi connectivity index (χ1) is 11.6. The molecule has 0 saturated carbocycles. The fourth-order valence-corrected chi connectivity index (χ4v) is 2.82. The molecule has 0 spiro atoms. The van der Waals surface area contributed by atoms with E-state index in [1.54, 1.807) is 12.1 Å². The zero-order chi connectivity index (χ0) is 17.4. The number of nitrogens with zero attached hydrogens (tertiary/aromatic N) is 2. The number of hydrogen-bond acceptors (Lipinski definition) is 3. The number of rotatable bonds is 7. The van der Waals surface area contributed by atoms with E-state index < -0.39 is 0 Å². The van der Waals surface area contributed by atoms with Gasteiger partial charge in [0.1, 0.15) is 5.82 Å². The molecule has 0 unspecified atom stereocenters. The number of aryl methyl sites for hydroxylation is 1. The van der Waals surface area contributed by atoms with Gasteiger partial charge in [-0.15, -0.1) is 0 Å². The predicted molar refractivity (Wildman–Crippen MR) is 91.0 cm³/mol. The molecule has 1 heterocycles. The maximum absolute atomic E-state index is 13.1. The molecule has 1 aliphatic rings. The van der Waals surface area contributed by atoms with Gasteiger partial charge in [0.05, 0.1) is 0 Å². The summed E-state index contributed by atoms with van der Waals surface area (Å²) in [7, 11) is 0. The van der Waals surface area contributed by atoms with Crippen LogP contribution >= 0.6 is 0 Å². The third-order valence-electron chi connectivity index (χ3n) is 4.36. The second-order valence-electron chi connectivity index (χ2n) is 6.04. The van der Waals surface area contributed by atoms with Gasteiger partial charge >= 0.3 is 0 Å². The van der Waals surface area contributed by atoms with Gasteiger partial charge in [0.15, 0.2) is 0 Å². The van der Waals surface area contributed by atoms with Gasteiger partial charge in [0.25, 0.3) is 0 Å². The molecule has 1 aromatic rings. The highest BCUT2D eigenvalue weighted by atomic mass is 19.1. The molecule has 5 nitrogen and oxygen atoms in total. The second kappa shape index (κ2) is 9.37. The zero-order valence-electron chi connectivity index (χ0n) is 14.3. The summed E-state index contributed by atoms with van der Waals surface area (Å²) >= 11 is 0. The molecule has 0 aliphatic carbocycles. The first kappa shape index (κ1) is 18.4. The van der Waals surface area contributed by atoms with Crippen LogP contribution in [0.25, 0.3) is 0 Å². The average Bonchev–Trinajstić information content (AvgIpc) is 2.60. The van der Waals surface area contributed by atoms with Gasteiger partial charge in [-0.25, -0.2) is 4.39 Å². The maximum Gasteiger partial charge on any atom is 0.224 e. The molecule has 1 N–H and O–H groups in total. The number of amides is 2. The average molecular weight is 335 g/mol. The van der Waals surface area contributed by atoms with Gasteiger partial charge in [-0.2, -0.15) is 0 Å². The largest absolute Gasteiger partial charge is 0.356 e. The van der Waals surface area contributed by atoms with Crippen LogP contribution in [0.3, 0.4) is 0 Å². The molecule has 6 heteroatoms. The molecule has 132 valence electrons. The molecule has 0 radical (unpaired) electrons. The Morgan fingerprint density at radius 3 is 2.58 bits per heavy atom. The van der Waals surface area contributed by atoms with Crippen molar-refractivity contribution in [1.29, 1.82) is 0 Å². The van der Waals surface area contributed by atoms with Gasteiger partial charge in [-0.3, -0.25) is 9.59 Å². The minimum atomic E-state index is -0.290. The third-order valence-corrected chi connectivity index (χ3v) is 4.36. The number of carbonyl (C=O) groups excluding carboxylic acids is 2. The minimum Gasteiger partial charge on any atom is -0.356 e. The van der Waals surface area contributed by atoms with Gasteiger partial charge in [-0.1, -0.05) is 19.1 Å². The first-order valence-corrected chi connectivity index (χ1v) is 8.59. The Hall–Kier alpha value is -1.95. The van der Waals surface area contributed by atoms with Crippen molar-refractivity contribution in [2.24, 2.45) is 0 Å². The molecule has 1 aromatic carbocycles. The summed E-state index contributed by atoms with van der Waals surface area (Å²) in [4.78, 5) is 28.1. The molecular formula is C18H26FN3O2. The van der Waals surface area contributed by atoms with Crippen LogP contribution in [-0.4, -0.2) is 60.9 Å². The van der Waals surface area contributed by atoms with Crippen LogP contribution in [-0.2, 0) is 16.0 Å². The lowest BCUT2D eigenvalue weighted by Gasteiger charge is -2.34. The molecular weight excluding hydrogens is 309 g/mol. The quantitative estimate of drug-likeness (QED) is 0.820. The van der Waals surface area contributed by atoms with Gasteiger partial charge in [0.2, 0.25) is 11.8 Å². The Morgan fingerprint density at radius 2 is 1.92 bits per heavy atom. The van der Waals surface area contributed by atoms with Crippen molar-refractivity contribution < 1.29 is 14.0 Å². The summed E-state index contributed by atoms with van der Waals surface area (Å²) in [6.45, 7) is 6.86. The highest BCUT2D eigenvalue weighted by Gasteiger charge is 2.19. The molecule has 0 bridgehead atoms. The van der Waals surface area contributed by atoms with E-state index in [1.807, 2.05) is 4.90 Å². The summed E-state index contributed by atoms with van der Waals surface area (Å²) < 4.78 is 13.1. The van der Waals surface area contributed by atoms with Crippen LogP contribution in [0.1, 0.15) is 25.3 Å². The molecule has 1 saturated heterocycles. The lowest BCUT2D eigenvalue weighted by Crippen LogP contribution is -2.49. The number of likely N-dealkylation sites (N-methyl/N-ethyl adjacent to an activating group) is 1. The molecule has 24 heavy (non-hydrogen) atoms. The minimum absolute atomic E-state index is 0.0937. The Morgan fingerprint density at radius 1 is 1.17 bits per heavy atom. The molecule has 2 rings (SSSR count). The van der Waals surface area contributed by atoms with Crippen LogP contribution in [0.15, 0.2) is 24.3 Å². The lowest BCUT2D eigenvalue weighted by molar-refractivity contribution is -0.132. The van der Waals surface area contributed by atoms with E-state index in [0.717, 1.165) is 38.3 Å². The SMILES string of the molecule is CCN1CCN(C(=O)CCNC(=O)CCc2cccc(F)c2)CC1. The van der Waals surface area contributed by atoms with Crippen LogP contribution in [0.5, 0.6) is 0 Å². The van der Waals surface area contributed by atoms with E-state index in [2.05, 4.69) is 17.1 Å². The highest BCUT2D eigenvalue weighted by molar-refractivity contribution is 5.79. The lowest BCUT2D eigenvalue weighted by atomic mass is 10.1. The summed E-state index contributed by atoms with van der Waals surface area (Å²) in [6.07, 6.45) is 1.13. The number of hydrogen-bond donors (Lipinski definition) is 1. The van der Waals surface area contributed by atoms with Crippen LogP contribution < -0.4 is 5.32 Å². The smallest absolute Gasteiger partial charge is 0.224 e. The predicted octanol–water partition coefficient (Wildman–Crippen LogP) is 1.43. The number of carbonyl (C=O) groups is 2. The monoisotopic (exact) mass is 335 g/mol. The molecule has 0 atom stereocenters. The van der Waals surface area contributed by atoms with Crippen molar-refractivity contribution in [2.45, 2.75) is 26.2 Å². The molecule has 0 aromatic heterocycles. The van der Waals surface area contributed by atoms with E-state index in [1.165, 1.54) is 12.1 Å². The fourth-order valence-electron chi connectivity index (χ4n) is 2.82. The van der Waals surface area contributed by atoms with Crippen molar-refractivity contribution in [3.8, 4) is 0 Å². The Kier molecular flexibility index (Phi) is 7.18. The van der Waals surface area contributed by atoms with Gasteiger partial charge < -0.3 is 15.1 Å². The molecule has 1 fully saturated rings. The number of halogens is 1. The Balaban J connectivity index is 1.61. The number of benzene rings is 1. The van der Waals surface area contributed by atoms with Gasteiger partial charge in [-0.05, 0) is 30.7 Å². The first-order valence-electron chi connectivity index (χ1n) is 8.59. The zero-order valence-corrected chi connectivity index (χ0v) is 14.3. The Labute approximate surface area is 142 Å². The summed E-state index contributed by atoms with van der Waals surface area (Å²) in [6, 6.07) is 6.26. The van der Waals surface area contributed by atoms with Crippen molar-refractivity contribution in [3.05, 3.63) is 35.6 Å². The summed E-state index contributed by atoms with van der Waals surface area (Å²) in [5.41, 5.74) is 0.801. The van der Waals surface area contributed by atoms with E-state index in [-0.39, 0.29) is 17.6 Å².